The second kappa shape index (κ2) is 9.09. The molecule has 10 heteroatoms. The van der Waals surface area contributed by atoms with Crippen molar-refractivity contribution in [2.24, 2.45) is 0 Å². The van der Waals surface area contributed by atoms with Crippen LogP contribution in [0.3, 0.4) is 0 Å². The van der Waals surface area contributed by atoms with E-state index in [4.69, 9.17) is 20.8 Å². The predicted molar refractivity (Wildman–Crippen MR) is 129 cm³/mol. The number of imidazole rings is 1. The molecule has 0 saturated carbocycles. The van der Waals surface area contributed by atoms with Gasteiger partial charge in [0, 0.05) is 17.4 Å². The molecule has 0 aliphatic rings. The Bertz CT molecular complexity index is 1590. The number of anilines is 2. The zero-order valence-electron chi connectivity index (χ0n) is 18.6. The fourth-order valence-corrected chi connectivity index (χ4v) is 3.92. The predicted octanol–water partition coefficient (Wildman–Crippen LogP) is 7.46. The van der Waals surface area contributed by atoms with Gasteiger partial charge in [-0.3, -0.25) is 4.40 Å². The van der Waals surface area contributed by atoms with E-state index in [9.17, 15) is 18.0 Å². The van der Waals surface area contributed by atoms with Crippen LogP contribution in [0.1, 0.15) is 15.9 Å². The number of methoxy groups -OCH3 is 1. The lowest BCUT2D eigenvalue weighted by molar-refractivity contribution is -0.137. The third-order valence-corrected chi connectivity index (χ3v) is 5.67. The van der Waals surface area contributed by atoms with E-state index in [1.165, 1.54) is 13.2 Å². The number of esters is 1. The van der Waals surface area contributed by atoms with Crippen molar-refractivity contribution in [3.63, 3.8) is 0 Å². The number of hydrogen-bond acceptors (Lipinski definition) is 5. The molecule has 5 aromatic rings. The van der Waals surface area contributed by atoms with Crippen LogP contribution in [-0.4, -0.2) is 22.5 Å². The van der Waals surface area contributed by atoms with Gasteiger partial charge in [0.15, 0.2) is 5.76 Å². The molecule has 3 heterocycles. The van der Waals surface area contributed by atoms with Gasteiger partial charge in [0.25, 0.3) is 0 Å². The summed E-state index contributed by atoms with van der Waals surface area (Å²) in [6, 6.07) is 18.2. The molecule has 0 spiro atoms. The number of fused-ring (bicyclic) bond motifs is 1. The van der Waals surface area contributed by atoms with Gasteiger partial charge in [0.1, 0.15) is 22.9 Å². The molecule has 0 atom stereocenters. The van der Waals surface area contributed by atoms with E-state index >= 15 is 0 Å². The fourth-order valence-electron chi connectivity index (χ4n) is 3.76. The number of carbonyl (C=O) groups excluding carboxylic acids is 1. The minimum atomic E-state index is -4.47. The average Bonchev–Trinajstić information content (AvgIpc) is 3.49. The summed E-state index contributed by atoms with van der Waals surface area (Å²) in [5, 5.41) is 3.70. The highest BCUT2D eigenvalue weighted by atomic mass is 35.5. The Morgan fingerprint density at radius 2 is 1.81 bits per heavy atom. The molecule has 0 amide bonds. The van der Waals surface area contributed by atoms with Crippen molar-refractivity contribution in [3.8, 4) is 22.8 Å². The van der Waals surface area contributed by atoms with Crippen molar-refractivity contribution >= 4 is 34.7 Å². The molecule has 182 valence electrons. The van der Waals surface area contributed by atoms with E-state index in [0.29, 0.717) is 39.2 Å². The molecular weight excluding hydrogens is 495 g/mol. The highest BCUT2D eigenvalue weighted by Crippen LogP contribution is 2.37. The number of carbonyl (C=O) groups is 1. The van der Waals surface area contributed by atoms with E-state index in [1.807, 2.05) is 0 Å². The van der Waals surface area contributed by atoms with Crippen molar-refractivity contribution in [2.75, 3.05) is 12.4 Å². The largest absolute Gasteiger partial charge is 0.465 e. The van der Waals surface area contributed by atoms with Crippen molar-refractivity contribution < 1.29 is 27.1 Å². The van der Waals surface area contributed by atoms with E-state index in [2.05, 4.69) is 10.3 Å². The molecule has 0 saturated heterocycles. The summed E-state index contributed by atoms with van der Waals surface area (Å²) in [7, 11) is 1.30. The molecule has 0 unspecified atom stereocenters. The minimum Gasteiger partial charge on any atom is -0.465 e. The van der Waals surface area contributed by atoms with E-state index in [1.54, 1.807) is 65.2 Å². The summed E-state index contributed by atoms with van der Waals surface area (Å²) in [5.41, 5.74) is 1.39. The number of benzene rings is 2. The molecule has 3 aromatic heterocycles. The van der Waals surface area contributed by atoms with Gasteiger partial charge in [-0.15, -0.1) is 0 Å². The minimum absolute atomic E-state index is 0.254. The molecule has 36 heavy (non-hydrogen) atoms. The molecule has 0 fully saturated rings. The summed E-state index contributed by atoms with van der Waals surface area (Å²) in [4.78, 5) is 16.6. The average molecular weight is 512 g/mol. The third kappa shape index (κ3) is 4.52. The van der Waals surface area contributed by atoms with Crippen molar-refractivity contribution in [1.29, 1.82) is 0 Å². The van der Waals surface area contributed by atoms with Gasteiger partial charge in [0.05, 0.1) is 23.3 Å². The van der Waals surface area contributed by atoms with Gasteiger partial charge in [0.2, 0.25) is 0 Å². The summed E-state index contributed by atoms with van der Waals surface area (Å²) >= 11 is 6.22. The molecule has 0 aliphatic carbocycles. The first-order valence-electron chi connectivity index (χ1n) is 10.6. The van der Waals surface area contributed by atoms with Crippen molar-refractivity contribution in [2.45, 2.75) is 6.18 Å². The lowest BCUT2D eigenvalue weighted by Crippen LogP contribution is -2.04. The first-order chi connectivity index (χ1) is 17.2. The molecule has 5 rings (SSSR count). The maximum absolute atomic E-state index is 13.2. The van der Waals surface area contributed by atoms with E-state index in [0.717, 1.165) is 12.1 Å². The molecule has 1 N–H and O–H groups in total. The number of ether oxygens (including phenoxy) is 1. The summed E-state index contributed by atoms with van der Waals surface area (Å²) in [6.45, 7) is 0. The van der Waals surface area contributed by atoms with Gasteiger partial charge >= 0.3 is 12.1 Å². The Morgan fingerprint density at radius 1 is 1.03 bits per heavy atom. The Morgan fingerprint density at radius 3 is 2.58 bits per heavy atom. The topological polar surface area (TPSA) is 68.8 Å². The Balaban J connectivity index is 1.59. The lowest BCUT2D eigenvalue weighted by atomic mass is 10.1. The number of hydrogen-bond donors (Lipinski definition) is 1. The molecule has 0 bridgehead atoms. The molecular formula is C26H17ClF3N3O3. The van der Waals surface area contributed by atoms with Gasteiger partial charge in [-0.05, 0) is 54.6 Å². The van der Waals surface area contributed by atoms with Crippen LogP contribution in [0.5, 0.6) is 0 Å². The van der Waals surface area contributed by atoms with Crippen LogP contribution in [0.25, 0.3) is 28.4 Å². The van der Waals surface area contributed by atoms with Crippen LogP contribution in [0.2, 0.25) is 5.02 Å². The Labute approximate surface area is 207 Å². The van der Waals surface area contributed by atoms with Crippen LogP contribution >= 0.6 is 11.6 Å². The van der Waals surface area contributed by atoms with Crippen LogP contribution < -0.4 is 5.32 Å². The highest BCUT2D eigenvalue weighted by molar-refractivity contribution is 6.30. The number of rotatable bonds is 5. The summed E-state index contributed by atoms with van der Waals surface area (Å²) < 4.78 is 52.0. The second-order valence-electron chi connectivity index (χ2n) is 7.82. The third-order valence-electron chi connectivity index (χ3n) is 5.44. The number of halogens is 4. The maximum Gasteiger partial charge on any atom is 0.416 e. The zero-order chi connectivity index (χ0) is 25.4. The number of nitrogens with one attached hydrogen (secondary N) is 1. The molecule has 0 aliphatic heterocycles. The van der Waals surface area contributed by atoms with Crippen LogP contribution in [0.4, 0.5) is 24.7 Å². The standard InChI is InChI=1S/C26H17ClF3N3O3/c1-35-25(34)16-5-3-7-19(13-16)31-24-23(32-22-11-8-18(27)14-33(22)24)21-10-9-20(36-21)15-4-2-6-17(12-15)26(28,29)30/h2-14,31H,1H3. The van der Waals surface area contributed by atoms with Crippen LogP contribution in [0, 0.1) is 0 Å². The van der Waals surface area contributed by atoms with Gasteiger partial charge in [-0.1, -0.05) is 29.8 Å². The number of pyridine rings is 1. The van der Waals surface area contributed by atoms with E-state index in [-0.39, 0.29) is 11.3 Å². The van der Waals surface area contributed by atoms with Gasteiger partial charge in [-0.2, -0.15) is 13.2 Å². The van der Waals surface area contributed by atoms with Crippen LogP contribution in [-0.2, 0) is 10.9 Å². The van der Waals surface area contributed by atoms with E-state index < -0.39 is 17.7 Å². The summed E-state index contributed by atoms with van der Waals surface area (Å²) in [5.74, 6) is 0.579. The quantitative estimate of drug-likeness (QED) is 0.248. The number of aromatic nitrogens is 2. The molecule has 0 radical (unpaired) electrons. The second-order valence-corrected chi connectivity index (χ2v) is 8.26. The first-order valence-corrected chi connectivity index (χ1v) is 11.0. The fraction of sp³-hybridized carbons (Fsp3) is 0.0769. The highest BCUT2D eigenvalue weighted by Gasteiger charge is 2.30. The Hall–Kier alpha value is -4.24. The van der Waals surface area contributed by atoms with Gasteiger partial charge in [-0.25, -0.2) is 9.78 Å². The number of alkyl halides is 3. The molecule has 2 aromatic carbocycles. The monoisotopic (exact) mass is 511 g/mol. The summed E-state index contributed by atoms with van der Waals surface area (Å²) in [6.07, 6.45) is -2.81. The SMILES string of the molecule is COC(=O)c1cccc(Nc2c(-c3ccc(-c4cccc(C(F)(F)F)c4)o3)nc3ccc(Cl)cn23)c1. The van der Waals surface area contributed by atoms with Crippen LogP contribution in [0.15, 0.2) is 83.4 Å². The Kier molecular flexibility index (Phi) is 5.93. The number of nitrogens with zero attached hydrogens (tertiary/aromatic N) is 2. The normalized spacial score (nSPS) is 11.6. The van der Waals surface area contributed by atoms with Gasteiger partial charge < -0.3 is 14.5 Å². The first kappa shape index (κ1) is 23.5. The number of furan rings is 1. The smallest absolute Gasteiger partial charge is 0.416 e. The maximum atomic E-state index is 13.2. The lowest BCUT2D eigenvalue weighted by Gasteiger charge is -2.10. The zero-order valence-corrected chi connectivity index (χ0v) is 19.4. The van der Waals surface area contributed by atoms with Crippen molar-refractivity contribution in [3.05, 3.63) is 95.1 Å². The molecule has 6 nitrogen and oxygen atoms in total. The van der Waals surface area contributed by atoms with Crippen molar-refractivity contribution in [1.82, 2.24) is 9.38 Å².